The van der Waals surface area contributed by atoms with Crippen LogP contribution in [0.3, 0.4) is 0 Å². The Morgan fingerprint density at radius 1 is 0.909 bits per heavy atom. The lowest BCUT2D eigenvalue weighted by molar-refractivity contribution is 0.484. The Labute approximate surface area is 135 Å². The third-order valence-corrected chi connectivity index (χ3v) is 4.31. The molecule has 0 aliphatic heterocycles. The standard InChI is InChI=1S/C20H32N2/c1-5-6-7-8-9-10-13-16-22-18-15-12-11-14-17(18)21-19(22)20(2,3)4/h11-12,14-15H,5-10,13,16H2,1-4H3. The van der Waals surface area contributed by atoms with Gasteiger partial charge in [0.2, 0.25) is 0 Å². The molecule has 0 aliphatic rings. The number of aryl methyl sites for hydroxylation is 1. The molecule has 0 aliphatic carbocycles. The van der Waals surface area contributed by atoms with Crippen molar-refractivity contribution in [2.75, 3.05) is 0 Å². The van der Waals surface area contributed by atoms with Crippen molar-refractivity contribution in [2.24, 2.45) is 0 Å². The number of para-hydroxylation sites is 2. The molecule has 0 unspecified atom stereocenters. The summed E-state index contributed by atoms with van der Waals surface area (Å²) in [5.41, 5.74) is 2.52. The summed E-state index contributed by atoms with van der Waals surface area (Å²) in [4.78, 5) is 4.89. The van der Waals surface area contributed by atoms with E-state index in [4.69, 9.17) is 4.98 Å². The summed E-state index contributed by atoms with van der Waals surface area (Å²) >= 11 is 0. The van der Waals surface area contributed by atoms with Crippen LogP contribution in [0.15, 0.2) is 24.3 Å². The molecule has 0 atom stereocenters. The molecule has 1 aromatic carbocycles. The summed E-state index contributed by atoms with van der Waals surface area (Å²) in [6.07, 6.45) is 9.48. The molecule has 0 saturated heterocycles. The fraction of sp³-hybridized carbons (Fsp3) is 0.650. The van der Waals surface area contributed by atoms with Crippen molar-refractivity contribution in [3.8, 4) is 0 Å². The molecule has 0 bridgehead atoms. The van der Waals surface area contributed by atoms with Gasteiger partial charge in [-0.15, -0.1) is 0 Å². The Kier molecular flexibility index (Phi) is 6.05. The molecule has 0 fully saturated rings. The fourth-order valence-electron chi connectivity index (χ4n) is 3.10. The lowest BCUT2D eigenvalue weighted by Gasteiger charge is -2.20. The maximum Gasteiger partial charge on any atom is 0.115 e. The zero-order chi connectivity index (χ0) is 16.0. The third-order valence-electron chi connectivity index (χ3n) is 4.31. The Morgan fingerprint density at radius 2 is 1.55 bits per heavy atom. The molecule has 2 rings (SSSR count). The van der Waals surface area contributed by atoms with Crippen molar-refractivity contribution in [2.45, 2.75) is 84.6 Å². The minimum Gasteiger partial charge on any atom is -0.328 e. The number of nitrogens with zero attached hydrogens (tertiary/aromatic N) is 2. The first kappa shape index (κ1) is 17.1. The minimum absolute atomic E-state index is 0.0974. The van der Waals surface area contributed by atoms with Crippen LogP contribution in [-0.2, 0) is 12.0 Å². The van der Waals surface area contributed by atoms with Crippen molar-refractivity contribution in [3.05, 3.63) is 30.1 Å². The molecule has 0 radical (unpaired) electrons. The Hall–Kier alpha value is -1.31. The van der Waals surface area contributed by atoms with Crippen LogP contribution >= 0.6 is 0 Å². The number of hydrogen-bond donors (Lipinski definition) is 0. The van der Waals surface area contributed by atoms with E-state index in [0.29, 0.717) is 0 Å². The van der Waals surface area contributed by atoms with Crippen molar-refractivity contribution in [1.82, 2.24) is 9.55 Å². The molecule has 22 heavy (non-hydrogen) atoms. The van der Waals surface area contributed by atoms with E-state index in [0.717, 1.165) is 12.1 Å². The maximum absolute atomic E-state index is 4.89. The first-order valence-electron chi connectivity index (χ1n) is 9.00. The minimum atomic E-state index is 0.0974. The number of imidazole rings is 1. The van der Waals surface area contributed by atoms with Crippen LogP contribution in [0, 0.1) is 0 Å². The predicted molar refractivity (Wildman–Crippen MR) is 96.4 cm³/mol. The van der Waals surface area contributed by atoms with Gasteiger partial charge in [0, 0.05) is 12.0 Å². The van der Waals surface area contributed by atoms with Crippen LogP contribution in [-0.4, -0.2) is 9.55 Å². The smallest absolute Gasteiger partial charge is 0.115 e. The molecule has 0 spiro atoms. The molecule has 2 heteroatoms. The van der Waals surface area contributed by atoms with E-state index in [1.165, 1.54) is 56.3 Å². The first-order valence-corrected chi connectivity index (χ1v) is 9.00. The van der Waals surface area contributed by atoms with E-state index in [1.54, 1.807) is 0 Å². The van der Waals surface area contributed by atoms with Gasteiger partial charge in [0.05, 0.1) is 11.0 Å². The number of benzene rings is 1. The SMILES string of the molecule is CCCCCCCCCn1c(C(C)(C)C)nc2ccccc21. The number of fused-ring (bicyclic) bond motifs is 1. The fourth-order valence-corrected chi connectivity index (χ4v) is 3.10. The quantitative estimate of drug-likeness (QED) is 0.540. The number of unbranched alkanes of at least 4 members (excludes halogenated alkanes) is 6. The highest BCUT2D eigenvalue weighted by Gasteiger charge is 2.22. The van der Waals surface area contributed by atoms with Crippen LogP contribution in [0.5, 0.6) is 0 Å². The van der Waals surface area contributed by atoms with Gasteiger partial charge in [-0.3, -0.25) is 0 Å². The third kappa shape index (κ3) is 4.34. The van der Waals surface area contributed by atoms with Gasteiger partial charge in [-0.25, -0.2) is 4.98 Å². The summed E-state index contributed by atoms with van der Waals surface area (Å²) in [6.45, 7) is 10.2. The Balaban J connectivity index is 2.00. The highest BCUT2D eigenvalue weighted by atomic mass is 15.1. The summed E-state index contributed by atoms with van der Waals surface area (Å²) in [7, 11) is 0. The van der Waals surface area contributed by atoms with Crippen molar-refractivity contribution in [1.29, 1.82) is 0 Å². The zero-order valence-corrected chi connectivity index (χ0v) is 14.9. The zero-order valence-electron chi connectivity index (χ0n) is 14.9. The Bertz CT molecular complexity index is 575. The normalized spacial score (nSPS) is 12.2. The second kappa shape index (κ2) is 7.80. The average molecular weight is 300 g/mol. The van der Waals surface area contributed by atoms with E-state index in [-0.39, 0.29) is 5.41 Å². The van der Waals surface area contributed by atoms with E-state index >= 15 is 0 Å². The van der Waals surface area contributed by atoms with Gasteiger partial charge in [-0.2, -0.15) is 0 Å². The Morgan fingerprint density at radius 3 is 2.23 bits per heavy atom. The van der Waals surface area contributed by atoms with Crippen LogP contribution in [0.1, 0.15) is 78.5 Å². The van der Waals surface area contributed by atoms with E-state index in [2.05, 4.69) is 56.5 Å². The molecular weight excluding hydrogens is 268 g/mol. The average Bonchev–Trinajstić information content (AvgIpc) is 2.85. The molecule has 2 nitrogen and oxygen atoms in total. The molecule has 1 aromatic heterocycles. The highest BCUT2D eigenvalue weighted by Crippen LogP contribution is 2.26. The van der Waals surface area contributed by atoms with Crippen molar-refractivity contribution >= 4 is 11.0 Å². The van der Waals surface area contributed by atoms with E-state index in [9.17, 15) is 0 Å². The van der Waals surface area contributed by atoms with Crippen LogP contribution in [0.2, 0.25) is 0 Å². The lowest BCUT2D eigenvalue weighted by Crippen LogP contribution is -2.19. The first-order chi connectivity index (χ1) is 10.5. The molecule has 2 aromatic rings. The number of hydrogen-bond acceptors (Lipinski definition) is 1. The topological polar surface area (TPSA) is 17.8 Å². The number of aromatic nitrogens is 2. The van der Waals surface area contributed by atoms with Gasteiger partial charge in [0.25, 0.3) is 0 Å². The van der Waals surface area contributed by atoms with Gasteiger partial charge in [-0.1, -0.05) is 78.4 Å². The molecule has 0 amide bonds. The van der Waals surface area contributed by atoms with E-state index < -0.39 is 0 Å². The van der Waals surface area contributed by atoms with Gasteiger partial charge in [-0.05, 0) is 18.6 Å². The maximum atomic E-state index is 4.89. The van der Waals surface area contributed by atoms with Gasteiger partial charge < -0.3 is 4.57 Å². The summed E-state index contributed by atoms with van der Waals surface area (Å²) in [5.74, 6) is 1.22. The molecule has 1 heterocycles. The van der Waals surface area contributed by atoms with Crippen molar-refractivity contribution < 1.29 is 0 Å². The number of rotatable bonds is 8. The van der Waals surface area contributed by atoms with Crippen LogP contribution in [0.4, 0.5) is 0 Å². The molecule has 0 N–H and O–H groups in total. The molecule has 0 saturated carbocycles. The van der Waals surface area contributed by atoms with Crippen molar-refractivity contribution in [3.63, 3.8) is 0 Å². The highest BCUT2D eigenvalue weighted by molar-refractivity contribution is 5.76. The van der Waals surface area contributed by atoms with Gasteiger partial charge >= 0.3 is 0 Å². The summed E-state index contributed by atoms with van der Waals surface area (Å²) in [6, 6.07) is 8.54. The van der Waals surface area contributed by atoms with E-state index in [1.807, 2.05) is 0 Å². The largest absolute Gasteiger partial charge is 0.328 e. The monoisotopic (exact) mass is 300 g/mol. The van der Waals surface area contributed by atoms with Crippen LogP contribution in [0.25, 0.3) is 11.0 Å². The summed E-state index contributed by atoms with van der Waals surface area (Å²) in [5, 5.41) is 0. The van der Waals surface area contributed by atoms with Gasteiger partial charge in [0.1, 0.15) is 5.82 Å². The lowest BCUT2D eigenvalue weighted by atomic mass is 9.95. The molecular formula is C20H32N2. The summed E-state index contributed by atoms with van der Waals surface area (Å²) < 4.78 is 2.45. The van der Waals surface area contributed by atoms with Crippen LogP contribution < -0.4 is 0 Å². The van der Waals surface area contributed by atoms with Gasteiger partial charge in [0.15, 0.2) is 0 Å². The second-order valence-corrected chi connectivity index (χ2v) is 7.45. The second-order valence-electron chi connectivity index (χ2n) is 7.45. The predicted octanol–water partition coefficient (Wildman–Crippen LogP) is 6.08. The molecule has 122 valence electrons.